The van der Waals surface area contributed by atoms with E-state index in [1.165, 1.54) is 6.08 Å². The molecule has 8 heteroatoms. The molecule has 3 rings (SSSR count). The number of morpholine rings is 1. The second-order valence-electron chi connectivity index (χ2n) is 6.65. The van der Waals surface area contributed by atoms with Crippen LogP contribution in [0.2, 0.25) is 0 Å². The molecule has 0 bridgehead atoms. The molecular weight excluding hydrogens is 390 g/mol. The average molecular weight is 416 g/mol. The number of amides is 1. The molecule has 0 unspecified atom stereocenters. The van der Waals surface area contributed by atoms with Gasteiger partial charge in [0.25, 0.3) is 15.9 Å². The molecule has 1 aliphatic rings. The van der Waals surface area contributed by atoms with E-state index in [0.717, 1.165) is 43.8 Å². The number of carbonyl (C=O) groups excluding carboxylic acids is 1. The third kappa shape index (κ3) is 7.01. The lowest BCUT2D eigenvalue weighted by Crippen LogP contribution is -2.41. The molecule has 2 aromatic rings. The number of benzene rings is 2. The van der Waals surface area contributed by atoms with Gasteiger partial charge in [0, 0.05) is 37.4 Å². The Hall–Kier alpha value is -2.68. The maximum atomic E-state index is 12.2. The van der Waals surface area contributed by atoms with Crippen LogP contribution in [0.15, 0.2) is 60.0 Å². The van der Waals surface area contributed by atoms with Gasteiger partial charge in [-0.05, 0) is 35.9 Å². The molecule has 2 aromatic carbocycles. The topological polar surface area (TPSA) is 87.7 Å². The van der Waals surface area contributed by atoms with Crippen LogP contribution in [-0.4, -0.2) is 58.6 Å². The zero-order valence-corrected chi connectivity index (χ0v) is 16.9. The molecule has 0 aromatic heterocycles. The molecule has 0 spiro atoms. The summed E-state index contributed by atoms with van der Waals surface area (Å²) in [6.07, 6.45) is 1.53. The number of rotatable bonds is 8. The summed E-state index contributed by atoms with van der Waals surface area (Å²) >= 11 is 0. The summed E-state index contributed by atoms with van der Waals surface area (Å²) in [6, 6.07) is 15.5. The van der Waals surface area contributed by atoms with Crippen LogP contribution in [0.5, 0.6) is 0 Å². The molecule has 1 aliphatic heterocycles. The molecule has 1 heterocycles. The van der Waals surface area contributed by atoms with Crippen LogP contribution in [0.25, 0.3) is 6.08 Å². The van der Waals surface area contributed by atoms with Gasteiger partial charge < -0.3 is 10.1 Å². The van der Waals surface area contributed by atoms with Crippen LogP contribution in [-0.2, 0) is 14.8 Å². The highest BCUT2D eigenvalue weighted by atomic mass is 32.2. The lowest BCUT2D eigenvalue weighted by molar-refractivity contribution is 0.0383. The first-order valence-electron chi connectivity index (χ1n) is 9.46. The van der Waals surface area contributed by atoms with Crippen LogP contribution in [0.3, 0.4) is 0 Å². The van der Waals surface area contributed by atoms with Crippen molar-refractivity contribution in [2.45, 2.75) is 0 Å². The van der Waals surface area contributed by atoms with Crippen molar-refractivity contribution in [1.29, 1.82) is 0 Å². The quantitative estimate of drug-likeness (QED) is 0.690. The third-order valence-corrected chi connectivity index (χ3v) is 5.48. The van der Waals surface area contributed by atoms with E-state index >= 15 is 0 Å². The molecule has 154 valence electrons. The summed E-state index contributed by atoms with van der Waals surface area (Å²) in [5.74, 6) is -0.184. The predicted octanol–water partition coefficient (Wildman–Crippen LogP) is 2.16. The van der Waals surface area contributed by atoms with Crippen molar-refractivity contribution >= 4 is 27.7 Å². The number of sulfonamides is 1. The highest BCUT2D eigenvalue weighted by Crippen LogP contribution is 2.13. The van der Waals surface area contributed by atoms with E-state index in [4.69, 9.17) is 4.74 Å². The highest BCUT2D eigenvalue weighted by Gasteiger charge is 2.11. The zero-order valence-electron chi connectivity index (χ0n) is 16.1. The summed E-state index contributed by atoms with van der Waals surface area (Å²) in [7, 11) is -3.64. The monoisotopic (exact) mass is 415 g/mol. The number of hydrogen-bond acceptors (Lipinski definition) is 5. The first-order chi connectivity index (χ1) is 14.0. The first kappa shape index (κ1) is 21.0. The summed E-state index contributed by atoms with van der Waals surface area (Å²) in [6.45, 7) is 4.54. The molecule has 0 radical (unpaired) electrons. The van der Waals surface area contributed by atoms with E-state index in [0.29, 0.717) is 17.8 Å². The Labute approximate surface area is 171 Å². The normalized spacial score (nSPS) is 15.3. The van der Waals surface area contributed by atoms with Crippen LogP contribution in [0, 0.1) is 0 Å². The minimum atomic E-state index is -3.64. The minimum Gasteiger partial charge on any atom is -0.379 e. The Balaban J connectivity index is 1.49. The smallest absolute Gasteiger partial charge is 0.255 e. The van der Waals surface area contributed by atoms with Gasteiger partial charge in [-0.15, -0.1) is 0 Å². The van der Waals surface area contributed by atoms with E-state index in [-0.39, 0.29) is 5.91 Å². The minimum absolute atomic E-state index is 0.184. The Bertz CT molecular complexity index is 922. The van der Waals surface area contributed by atoms with Crippen LogP contribution >= 0.6 is 0 Å². The van der Waals surface area contributed by atoms with E-state index in [1.54, 1.807) is 24.3 Å². The van der Waals surface area contributed by atoms with Gasteiger partial charge >= 0.3 is 0 Å². The fourth-order valence-corrected chi connectivity index (χ4v) is 3.74. The van der Waals surface area contributed by atoms with Crippen molar-refractivity contribution in [3.63, 3.8) is 0 Å². The molecule has 1 saturated heterocycles. The van der Waals surface area contributed by atoms with Gasteiger partial charge in [-0.2, -0.15) is 0 Å². The van der Waals surface area contributed by atoms with E-state index in [1.807, 2.05) is 30.3 Å². The number of ether oxygens (including phenoxy) is 1. The Morgan fingerprint density at radius 1 is 1.03 bits per heavy atom. The summed E-state index contributed by atoms with van der Waals surface area (Å²) in [5.41, 5.74) is 1.67. The molecule has 1 amide bonds. The van der Waals surface area contributed by atoms with Gasteiger partial charge in [0.05, 0.1) is 18.6 Å². The van der Waals surface area contributed by atoms with Gasteiger partial charge in [0.15, 0.2) is 0 Å². The Morgan fingerprint density at radius 3 is 2.41 bits per heavy atom. The predicted molar refractivity (Wildman–Crippen MR) is 114 cm³/mol. The second-order valence-corrected chi connectivity index (χ2v) is 8.21. The average Bonchev–Trinajstić information content (AvgIpc) is 2.74. The molecule has 29 heavy (non-hydrogen) atoms. The number of anilines is 1. The third-order valence-electron chi connectivity index (χ3n) is 4.46. The molecular formula is C21H25N3O4S. The lowest BCUT2D eigenvalue weighted by Gasteiger charge is -2.26. The van der Waals surface area contributed by atoms with Crippen molar-refractivity contribution in [2.75, 3.05) is 44.1 Å². The van der Waals surface area contributed by atoms with E-state index in [9.17, 15) is 13.2 Å². The summed E-state index contributed by atoms with van der Waals surface area (Å²) in [4.78, 5) is 14.5. The zero-order chi connectivity index (χ0) is 20.5. The highest BCUT2D eigenvalue weighted by molar-refractivity contribution is 7.95. The second kappa shape index (κ2) is 10.2. The van der Waals surface area contributed by atoms with Gasteiger partial charge in [-0.1, -0.05) is 30.3 Å². The van der Waals surface area contributed by atoms with Crippen molar-refractivity contribution in [2.24, 2.45) is 0 Å². The number of carbonyl (C=O) groups is 1. The molecule has 0 atom stereocenters. The van der Waals surface area contributed by atoms with Crippen LogP contribution in [0.4, 0.5) is 5.69 Å². The van der Waals surface area contributed by atoms with Crippen molar-refractivity contribution in [1.82, 2.24) is 10.2 Å². The Morgan fingerprint density at radius 2 is 1.72 bits per heavy atom. The van der Waals surface area contributed by atoms with Gasteiger partial charge in [0.2, 0.25) is 0 Å². The largest absolute Gasteiger partial charge is 0.379 e. The van der Waals surface area contributed by atoms with Gasteiger partial charge in [-0.3, -0.25) is 14.4 Å². The van der Waals surface area contributed by atoms with Crippen molar-refractivity contribution < 1.29 is 17.9 Å². The molecule has 0 aliphatic carbocycles. The number of nitrogens with one attached hydrogen (secondary N) is 2. The van der Waals surface area contributed by atoms with Gasteiger partial charge in [0.1, 0.15) is 0 Å². The van der Waals surface area contributed by atoms with Crippen LogP contribution in [0.1, 0.15) is 15.9 Å². The lowest BCUT2D eigenvalue weighted by atomic mass is 10.2. The summed E-state index contributed by atoms with van der Waals surface area (Å²) < 4.78 is 32.2. The van der Waals surface area contributed by atoms with E-state index in [2.05, 4.69) is 14.9 Å². The molecule has 2 N–H and O–H groups in total. The number of hydrogen-bond donors (Lipinski definition) is 2. The fraction of sp³-hybridized carbons (Fsp3) is 0.286. The van der Waals surface area contributed by atoms with Crippen molar-refractivity contribution in [3.8, 4) is 0 Å². The van der Waals surface area contributed by atoms with E-state index < -0.39 is 10.0 Å². The molecule has 1 fully saturated rings. The van der Waals surface area contributed by atoms with Crippen molar-refractivity contribution in [3.05, 3.63) is 71.1 Å². The Kier molecular flexibility index (Phi) is 7.40. The summed E-state index contributed by atoms with van der Waals surface area (Å²) in [5, 5.41) is 4.00. The molecule has 7 nitrogen and oxygen atoms in total. The molecule has 0 saturated carbocycles. The SMILES string of the molecule is O=C(NCCN1CCOCC1)c1ccc(NS(=O)(=O)/C=C/c2ccccc2)cc1. The maximum Gasteiger partial charge on any atom is 0.255 e. The number of nitrogens with zero attached hydrogens (tertiary/aromatic N) is 1. The maximum absolute atomic E-state index is 12.2. The standard InChI is InChI=1S/C21H25N3O4S/c25-21(22-11-12-24-13-15-28-16-14-24)19-6-8-20(9-7-19)23-29(26,27)17-10-18-4-2-1-3-5-18/h1-10,17,23H,11-16H2,(H,22,25)/b17-10+. The van der Waals surface area contributed by atoms with Crippen LogP contribution < -0.4 is 10.0 Å². The van der Waals surface area contributed by atoms with Gasteiger partial charge in [-0.25, -0.2) is 8.42 Å². The fourth-order valence-electron chi connectivity index (χ4n) is 2.87. The first-order valence-corrected chi connectivity index (χ1v) is 11.0.